The first-order chi connectivity index (χ1) is 23.9. The first-order valence-electron chi connectivity index (χ1n) is 17.3. The molecule has 0 spiro atoms. The van der Waals surface area contributed by atoms with Gasteiger partial charge >= 0.3 is 6.09 Å². The van der Waals surface area contributed by atoms with E-state index >= 15 is 0 Å². The summed E-state index contributed by atoms with van der Waals surface area (Å²) in [5, 5.41) is 21.6. The maximum Gasteiger partial charge on any atom is 0.407 e. The van der Waals surface area contributed by atoms with E-state index in [1.165, 1.54) is 16.4 Å². The lowest BCUT2D eigenvalue weighted by Crippen LogP contribution is -2.52. The first kappa shape index (κ1) is 38.0. The summed E-state index contributed by atoms with van der Waals surface area (Å²) in [7, 11) is -4.15. The molecule has 4 N–H and O–H groups in total. The third kappa shape index (κ3) is 10.2. The smallest absolute Gasteiger partial charge is 0.407 e. The van der Waals surface area contributed by atoms with E-state index < -0.39 is 39.8 Å². The van der Waals surface area contributed by atoms with Crippen LogP contribution in [0.4, 0.5) is 4.79 Å². The highest BCUT2D eigenvalue weighted by molar-refractivity contribution is 7.89. The van der Waals surface area contributed by atoms with Crippen LogP contribution in [0.25, 0.3) is 0 Å². The van der Waals surface area contributed by atoms with Gasteiger partial charge in [0.2, 0.25) is 16.8 Å². The molecule has 0 saturated carbocycles. The van der Waals surface area contributed by atoms with E-state index in [1.54, 1.807) is 6.07 Å². The molecule has 5 rings (SSSR count). The molecule has 2 aromatic rings. The molecule has 0 aromatic heterocycles. The first-order valence-corrected chi connectivity index (χ1v) is 19.1. The van der Waals surface area contributed by atoms with Gasteiger partial charge in [-0.1, -0.05) is 51.1 Å². The Kier molecular flexibility index (Phi) is 13.2. The number of carbonyl (C=O) groups is 1. The fourth-order valence-electron chi connectivity index (χ4n) is 6.42. The molecule has 5 atom stereocenters. The highest BCUT2D eigenvalue weighted by Crippen LogP contribution is 2.36. The van der Waals surface area contributed by atoms with E-state index in [0.717, 1.165) is 31.4 Å². The molecule has 0 aliphatic carbocycles. The number of sulfonamides is 1. The van der Waals surface area contributed by atoms with Crippen molar-refractivity contribution in [1.29, 1.82) is 0 Å². The molecule has 3 aliphatic rings. The highest BCUT2D eigenvalue weighted by atomic mass is 32.2. The Labute approximate surface area is 300 Å². The monoisotopic (exact) mass is 734 g/mol. The minimum atomic E-state index is -4.15. The fourth-order valence-corrected chi connectivity index (χ4v) is 8.28. The average molecular weight is 735 g/mol. The normalized spacial score (nSPS) is 21.0. The largest absolute Gasteiger partial charge is 0.454 e. The Balaban J connectivity index is 1.33. The number of ether oxygens (including phenoxy) is 5. The fraction of sp³-hybridized carbons (Fsp3) is 0.600. The molecule has 3 heterocycles. The minimum absolute atomic E-state index is 0.00404. The molecule has 2 fully saturated rings. The number of alkyl carbamates (subject to hydrolysis) is 1. The van der Waals surface area contributed by atoms with Crippen LogP contribution in [-0.2, 0) is 30.7 Å². The lowest BCUT2D eigenvalue weighted by molar-refractivity contribution is -0.0907. The van der Waals surface area contributed by atoms with Crippen LogP contribution in [0, 0.1) is 11.3 Å². The van der Waals surface area contributed by atoms with Crippen LogP contribution in [-0.4, -0.2) is 99.8 Å². The number of nitrogens with zero attached hydrogens (tertiary/aromatic N) is 1. The number of amides is 1. The summed E-state index contributed by atoms with van der Waals surface area (Å²) in [6, 6.07) is 13.0. The topological polar surface area (TPSA) is 157 Å². The molecule has 15 heteroatoms. The van der Waals surface area contributed by atoms with Gasteiger partial charge in [-0.2, -0.15) is 4.31 Å². The molecule has 2 saturated heterocycles. The van der Waals surface area contributed by atoms with Crippen molar-refractivity contribution in [3.8, 4) is 11.5 Å². The zero-order chi connectivity index (χ0) is 35.7. The number of aliphatic hydroxyl groups is 1. The van der Waals surface area contributed by atoms with Crippen LogP contribution in [0.3, 0.4) is 0 Å². The Morgan fingerprint density at radius 2 is 1.86 bits per heavy atom. The van der Waals surface area contributed by atoms with Gasteiger partial charge in [0.1, 0.15) is 6.10 Å². The molecular formula is C35H50N4O9S2. The average Bonchev–Trinajstić information content (AvgIpc) is 3.84. The van der Waals surface area contributed by atoms with E-state index in [-0.39, 0.29) is 50.0 Å². The number of thiocarbonyl (C=S) groups is 1. The zero-order valence-electron chi connectivity index (χ0n) is 29.0. The van der Waals surface area contributed by atoms with Gasteiger partial charge in [-0.15, -0.1) is 0 Å². The summed E-state index contributed by atoms with van der Waals surface area (Å²) in [6.07, 6.45) is 0.462. The van der Waals surface area contributed by atoms with Crippen molar-refractivity contribution in [1.82, 2.24) is 20.3 Å². The summed E-state index contributed by atoms with van der Waals surface area (Å²) in [4.78, 5) is 13.3. The SMILES string of the molecule is CCCNC(=S)NCCCC(C)(C)CN(C[C@@H](O)[C@H](Cc1ccccc1)NC(=O)O[C@H]1CO[C@H]2OCC[C@H]21)S(=O)(=O)c1ccc2c(c1)OCO2. The third-order valence-corrected chi connectivity index (χ3v) is 11.2. The maximum atomic E-state index is 14.3. The van der Waals surface area contributed by atoms with Crippen LogP contribution < -0.4 is 25.4 Å². The van der Waals surface area contributed by atoms with E-state index in [1.807, 2.05) is 44.2 Å². The van der Waals surface area contributed by atoms with Crippen LogP contribution in [0.1, 0.15) is 52.0 Å². The second kappa shape index (κ2) is 17.3. The predicted molar refractivity (Wildman–Crippen MR) is 190 cm³/mol. The van der Waals surface area contributed by atoms with E-state index in [9.17, 15) is 18.3 Å². The van der Waals surface area contributed by atoms with Crippen molar-refractivity contribution in [2.24, 2.45) is 11.3 Å². The maximum absolute atomic E-state index is 14.3. The third-order valence-electron chi connectivity index (χ3n) is 9.14. The Bertz CT molecular complexity index is 1550. The second-order valence-electron chi connectivity index (χ2n) is 13.7. The minimum Gasteiger partial charge on any atom is -0.454 e. The van der Waals surface area contributed by atoms with Crippen molar-refractivity contribution in [3.63, 3.8) is 0 Å². The molecule has 0 bridgehead atoms. The lowest BCUT2D eigenvalue weighted by atomic mass is 9.87. The Hall–Kier alpha value is -3.21. The van der Waals surface area contributed by atoms with Crippen molar-refractivity contribution in [2.45, 2.75) is 82.3 Å². The summed E-state index contributed by atoms with van der Waals surface area (Å²) in [6.45, 7) is 8.05. The summed E-state index contributed by atoms with van der Waals surface area (Å²) in [5.41, 5.74) is 0.363. The molecule has 3 aliphatic heterocycles. The van der Waals surface area contributed by atoms with Crippen molar-refractivity contribution >= 4 is 33.4 Å². The van der Waals surface area contributed by atoms with E-state index in [0.29, 0.717) is 36.2 Å². The molecule has 1 amide bonds. The molecular weight excluding hydrogens is 685 g/mol. The van der Waals surface area contributed by atoms with Gasteiger partial charge in [0.05, 0.1) is 36.2 Å². The highest BCUT2D eigenvalue weighted by Gasteiger charge is 2.44. The molecule has 50 heavy (non-hydrogen) atoms. The number of fused-ring (bicyclic) bond motifs is 2. The molecule has 0 unspecified atom stereocenters. The van der Waals surface area contributed by atoms with Gasteiger partial charge in [0.15, 0.2) is 22.9 Å². The summed E-state index contributed by atoms with van der Waals surface area (Å²) in [5.74, 6) is 0.742. The van der Waals surface area contributed by atoms with Gasteiger partial charge in [-0.05, 0) is 67.4 Å². The summed E-state index contributed by atoms with van der Waals surface area (Å²) >= 11 is 5.33. The predicted octanol–water partition coefficient (Wildman–Crippen LogP) is 3.55. The van der Waals surface area contributed by atoms with Crippen molar-refractivity contribution in [2.75, 3.05) is 46.2 Å². The number of benzene rings is 2. The molecule has 276 valence electrons. The van der Waals surface area contributed by atoms with Gasteiger partial charge < -0.3 is 44.7 Å². The van der Waals surface area contributed by atoms with Crippen LogP contribution in [0.15, 0.2) is 53.4 Å². The molecule has 0 radical (unpaired) electrons. The Morgan fingerprint density at radius 3 is 2.64 bits per heavy atom. The number of hydrogen-bond donors (Lipinski definition) is 4. The van der Waals surface area contributed by atoms with Crippen LogP contribution in [0.5, 0.6) is 11.5 Å². The van der Waals surface area contributed by atoms with Gasteiger partial charge in [0.25, 0.3) is 0 Å². The van der Waals surface area contributed by atoms with Crippen molar-refractivity contribution in [3.05, 3.63) is 54.1 Å². The number of nitrogens with one attached hydrogen (secondary N) is 3. The van der Waals surface area contributed by atoms with Crippen LogP contribution >= 0.6 is 12.2 Å². The quantitative estimate of drug-likeness (QED) is 0.139. The number of rotatable bonds is 17. The van der Waals surface area contributed by atoms with Crippen LogP contribution in [0.2, 0.25) is 0 Å². The Morgan fingerprint density at radius 1 is 1.10 bits per heavy atom. The van der Waals surface area contributed by atoms with E-state index in [4.69, 9.17) is 35.9 Å². The van der Waals surface area contributed by atoms with Gasteiger partial charge in [-0.3, -0.25) is 0 Å². The number of hydrogen-bond acceptors (Lipinski definition) is 10. The van der Waals surface area contributed by atoms with Gasteiger partial charge in [0, 0.05) is 32.2 Å². The number of aliphatic hydroxyl groups excluding tert-OH is 1. The molecule has 2 aromatic carbocycles. The van der Waals surface area contributed by atoms with Gasteiger partial charge in [-0.25, -0.2) is 13.2 Å². The second-order valence-corrected chi connectivity index (χ2v) is 16.1. The summed E-state index contributed by atoms with van der Waals surface area (Å²) < 4.78 is 57.8. The zero-order valence-corrected chi connectivity index (χ0v) is 30.6. The lowest BCUT2D eigenvalue weighted by Gasteiger charge is -2.35. The number of carbonyl (C=O) groups excluding carboxylic acids is 1. The standard InChI is InChI=1S/C35H50N4O9S2/c1-4-15-36-33(49)37-16-8-14-35(2,3)22-39(50(42,43)25-11-12-29-30(19-25)47-23-46-29)20-28(40)27(18-24-9-6-5-7-10-24)38-34(41)48-31-21-45-32-26(31)13-17-44-32/h5-7,9-12,19,26-28,31-32,40H,4,8,13-18,20-23H2,1-3H3,(H,38,41)(H2,36,37,49)/t26-,27-,28+,31-,32+/m0/s1. The molecule has 13 nitrogen and oxygen atoms in total. The van der Waals surface area contributed by atoms with Crippen molar-refractivity contribution < 1.29 is 42.0 Å². The van der Waals surface area contributed by atoms with E-state index in [2.05, 4.69) is 22.9 Å².